The third kappa shape index (κ3) is 4.01. The van der Waals surface area contributed by atoms with Crippen LogP contribution in [0.15, 0.2) is 27.6 Å². The lowest BCUT2D eigenvalue weighted by atomic mass is 10.1. The molecule has 0 bridgehead atoms. The smallest absolute Gasteiger partial charge is 0.241 e. The highest BCUT2D eigenvalue weighted by molar-refractivity contribution is 9.10. The number of nitrogens with one attached hydrogen (secondary N) is 1. The summed E-state index contributed by atoms with van der Waals surface area (Å²) in [4.78, 5) is -0.0557. The van der Waals surface area contributed by atoms with Gasteiger partial charge in [-0.1, -0.05) is 13.8 Å². The second kappa shape index (κ2) is 6.10. The van der Waals surface area contributed by atoms with Crippen LogP contribution in [0.1, 0.15) is 13.8 Å². The second-order valence-electron chi connectivity index (χ2n) is 4.24. The van der Waals surface area contributed by atoms with E-state index in [4.69, 9.17) is 0 Å². The normalized spacial score (nSPS) is 13.9. The standard InChI is InChI=1S/C11H15BrFNO3S/c1-7(2)10(15)6-14-18(16,17)11-4-3-8(13)5-9(11)12/h3-5,7,10,14-15H,6H2,1-2H3. The monoisotopic (exact) mass is 339 g/mol. The minimum Gasteiger partial charge on any atom is -0.391 e. The van der Waals surface area contributed by atoms with Gasteiger partial charge in [0.25, 0.3) is 0 Å². The highest BCUT2D eigenvalue weighted by atomic mass is 79.9. The third-order valence-corrected chi connectivity index (χ3v) is 4.84. The summed E-state index contributed by atoms with van der Waals surface area (Å²) in [5, 5.41) is 9.55. The first-order chi connectivity index (χ1) is 8.24. The molecule has 0 saturated heterocycles. The molecule has 7 heteroatoms. The van der Waals surface area contributed by atoms with Crippen LogP contribution in [-0.2, 0) is 10.0 Å². The topological polar surface area (TPSA) is 66.4 Å². The molecule has 0 amide bonds. The van der Waals surface area contributed by atoms with Crippen molar-refractivity contribution in [3.63, 3.8) is 0 Å². The maximum absolute atomic E-state index is 12.9. The van der Waals surface area contributed by atoms with Crippen LogP contribution in [-0.4, -0.2) is 26.2 Å². The van der Waals surface area contributed by atoms with E-state index in [2.05, 4.69) is 20.7 Å². The van der Waals surface area contributed by atoms with Crippen LogP contribution in [0, 0.1) is 11.7 Å². The van der Waals surface area contributed by atoms with Gasteiger partial charge in [0.2, 0.25) is 10.0 Å². The molecule has 1 aromatic rings. The molecule has 0 aromatic heterocycles. The number of aliphatic hydroxyl groups excluding tert-OH is 1. The Hall–Kier alpha value is -0.500. The van der Waals surface area contributed by atoms with Gasteiger partial charge in [-0.2, -0.15) is 0 Å². The summed E-state index contributed by atoms with van der Waals surface area (Å²) in [5.41, 5.74) is 0. The summed E-state index contributed by atoms with van der Waals surface area (Å²) in [6.07, 6.45) is -0.765. The fourth-order valence-corrected chi connectivity index (χ4v) is 3.30. The molecule has 102 valence electrons. The van der Waals surface area contributed by atoms with Crippen LogP contribution in [0.25, 0.3) is 0 Å². The number of hydrogen-bond donors (Lipinski definition) is 2. The van der Waals surface area contributed by atoms with Crippen LogP contribution in [0.5, 0.6) is 0 Å². The second-order valence-corrected chi connectivity index (χ2v) is 6.83. The maximum Gasteiger partial charge on any atom is 0.241 e. The minimum atomic E-state index is -3.76. The molecule has 0 aliphatic heterocycles. The summed E-state index contributed by atoms with van der Waals surface area (Å²) < 4.78 is 39.1. The van der Waals surface area contributed by atoms with E-state index in [0.717, 1.165) is 12.1 Å². The first-order valence-electron chi connectivity index (χ1n) is 5.37. The van der Waals surface area contributed by atoms with E-state index in [9.17, 15) is 17.9 Å². The number of halogens is 2. The number of sulfonamides is 1. The Kier molecular flexibility index (Phi) is 5.27. The minimum absolute atomic E-state index is 0.0515. The maximum atomic E-state index is 12.9. The molecular formula is C11H15BrFNO3S. The lowest BCUT2D eigenvalue weighted by Crippen LogP contribution is -2.34. The van der Waals surface area contributed by atoms with Gasteiger partial charge in [0.1, 0.15) is 5.82 Å². The van der Waals surface area contributed by atoms with Crippen LogP contribution in [0.4, 0.5) is 4.39 Å². The quantitative estimate of drug-likeness (QED) is 0.860. The first kappa shape index (κ1) is 15.6. The van der Waals surface area contributed by atoms with Gasteiger partial charge in [-0.25, -0.2) is 17.5 Å². The van der Waals surface area contributed by atoms with E-state index < -0.39 is 21.9 Å². The Morgan fingerprint density at radius 1 is 1.44 bits per heavy atom. The molecule has 1 rings (SSSR count). The van der Waals surface area contributed by atoms with Crippen LogP contribution < -0.4 is 4.72 Å². The zero-order valence-electron chi connectivity index (χ0n) is 10.0. The highest BCUT2D eigenvalue weighted by Gasteiger charge is 2.20. The molecule has 0 spiro atoms. The van der Waals surface area contributed by atoms with Gasteiger partial charge < -0.3 is 5.11 Å². The zero-order chi connectivity index (χ0) is 13.9. The van der Waals surface area contributed by atoms with Crippen molar-refractivity contribution in [3.8, 4) is 0 Å². The molecule has 0 aliphatic rings. The number of benzene rings is 1. The van der Waals surface area contributed by atoms with Crippen molar-refractivity contribution in [3.05, 3.63) is 28.5 Å². The molecular weight excluding hydrogens is 325 g/mol. The van der Waals surface area contributed by atoms with Gasteiger partial charge in [-0.05, 0) is 40.0 Å². The predicted octanol–water partition coefficient (Wildman–Crippen LogP) is 1.88. The lowest BCUT2D eigenvalue weighted by molar-refractivity contribution is 0.129. The number of aliphatic hydroxyl groups is 1. The van der Waals surface area contributed by atoms with E-state index >= 15 is 0 Å². The summed E-state index contributed by atoms with van der Waals surface area (Å²) in [6.45, 7) is 3.49. The first-order valence-corrected chi connectivity index (χ1v) is 7.64. The Bertz CT molecular complexity index is 519. The average Bonchev–Trinajstić information content (AvgIpc) is 2.25. The van der Waals surface area contributed by atoms with Crippen molar-refractivity contribution >= 4 is 26.0 Å². The van der Waals surface area contributed by atoms with E-state index in [1.54, 1.807) is 13.8 Å². The summed E-state index contributed by atoms with van der Waals surface area (Å²) >= 11 is 3.00. The molecule has 4 nitrogen and oxygen atoms in total. The van der Waals surface area contributed by atoms with Crippen LogP contribution in [0.3, 0.4) is 0 Å². The highest BCUT2D eigenvalue weighted by Crippen LogP contribution is 2.22. The van der Waals surface area contributed by atoms with Gasteiger partial charge in [0, 0.05) is 11.0 Å². The third-order valence-electron chi connectivity index (χ3n) is 2.44. The van der Waals surface area contributed by atoms with Crippen LogP contribution >= 0.6 is 15.9 Å². The molecule has 0 radical (unpaired) electrons. The SMILES string of the molecule is CC(C)C(O)CNS(=O)(=O)c1ccc(F)cc1Br. The summed E-state index contributed by atoms with van der Waals surface area (Å²) in [6, 6.07) is 3.31. The van der Waals surface area contributed by atoms with Gasteiger partial charge in [-0.3, -0.25) is 0 Å². The number of hydrogen-bond acceptors (Lipinski definition) is 3. The van der Waals surface area contributed by atoms with Gasteiger partial charge in [0.05, 0.1) is 11.0 Å². The number of rotatable bonds is 5. The lowest BCUT2D eigenvalue weighted by Gasteiger charge is -2.15. The van der Waals surface area contributed by atoms with Gasteiger partial charge in [0.15, 0.2) is 0 Å². The van der Waals surface area contributed by atoms with Crippen molar-refractivity contribution in [2.24, 2.45) is 5.92 Å². The molecule has 18 heavy (non-hydrogen) atoms. The molecule has 0 heterocycles. The molecule has 1 atom stereocenters. The molecule has 0 saturated carbocycles. The van der Waals surface area contributed by atoms with Crippen molar-refractivity contribution in [1.82, 2.24) is 4.72 Å². The van der Waals surface area contributed by atoms with E-state index in [1.165, 1.54) is 6.07 Å². The van der Waals surface area contributed by atoms with Gasteiger partial charge >= 0.3 is 0 Å². The largest absolute Gasteiger partial charge is 0.391 e. The van der Waals surface area contributed by atoms with E-state index in [0.29, 0.717) is 0 Å². The van der Waals surface area contributed by atoms with Crippen molar-refractivity contribution in [2.75, 3.05) is 6.54 Å². The molecule has 1 unspecified atom stereocenters. The Labute approximate surface area is 114 Å². The zero-order valence-corrected chi connectivity index (χ0v) is 12.4. The average molecular weight is 340 g/mol. The predicted molar refractivity (Wildman–Crippen MR) is 70.1 cm³/mol. The van der Waals surface area contributed by atoms with E-state index in [1.807, 2.05) is 0 Å². The summed E-state index contributed by atoms with van der Waals surface area (Å²) in [5.74, 6) is -0.576. The fourth-order valence-electron chi connectivity index (χ4n) is 1.20. The fraction of sp³-hybridized carbons (Fsp3) is 0.455. The Morgan fingerprint density at radius 3 is 2.56 bits per heavy atom. The summed E-state index contributed by atoms with van der Waals surface area (Å²) in [7, 11) is -3.76. The molecule has 2 N–H and O–H groups in total. The van der Waals surface area contributed by atoms with E-state index in [-0.39, 0.29) is 21.8 Å². The molecule has 0 aliphatic carbocycles. The Balaban J connectivity index is 2.87. The van der Waals surface area contributed by atoms with Crippen molar-refractivity contribution in [2.45, 2.75) is 24.8 Å². The van der Waals surface area contributed by atoms with Crippen LogP contribution in [0.2, 0.25) is 0 Å². The van der Waals surface area contributed by atoms with Crippen molar-refractivity contribution in [1.29, 1.82) is 0 Å². The molecule has 0 fully saturated rings. The Morgan fingerprint density at radius 2 is 2.06 bits per heavy atom. The van der Waals surface area contributed by atoms with Gasteiger partial charge in [-0.15, -0.1) is 0 Å². The molecule has 1 aromatic carbocycles. The van der Waals surface area contributed by atoms with Crippen molar-refractivity contribution < 1.29 is 17.9 Å².